The van der Waals surface area contributed by atoms with Crippen molar-refractivity contribution < 1.29 is 4.79 Å². The number of aromatic nitrogens is 1. The van der Waals surface area contributed by atoms with Crippen LogP contribution in [0.4, 0.5) is 5.69 Å². The molecule has 26 heavy (non-hydrogen) atoms. The van der Waals surface area contributed by atoms with Crippen molar-refractivity contribution >= 4 is 22.5 Å². The molecule has 4 nitrogen and oxygen atoms in total. The molecule has 2 N–H and O–H groups in total. The molecule has 0 radical (unpaired) electrons. The Hall–Kier alpha value is -2.10. The first-order valence-electron chi connectivity index (χ1n) is 9.93. The number of nitrogens with zero attached hydrogens (tertiary/aromatic N) is 1. The second kappa shape index (κ2) is 5.70. The highest BCUT2D eigenvalue weighted by molar-refractivity contribution is 5.83. The largest absolute Gasteiger partial charge is 0.297 e. The number of rotatable bonds is 3. The van der Waals surface area contributed by atoms with Crippen molar-refractivity contribution in [1.29, 1.82) is 0 Å². The van der Waals surface area contributed by atoms with E-state index in [9.17, 15) is 4.79 Å². The van der Waals surface area contributed by atoms with Crippen molar-refractivity contribution in [3.05, 3.63) is 36.5 Å². The Morgan fingerprint density at radius 2 is 2.00 bits per heavy atom. The summed E-state index contributed by atoms with van der Waals surface area (Å²) in [5.74, 6) is 2.95. The maximum atomic E-state index is 13.0. The van der Waals surface area contributed by atoms with E-state index in [0.29, 0.717) is 23.2 Å². The molecule has 4 aliphatic carbocycles. The first-order valence-corrected chi connectivity index (χ1v) is 9.93. The fourth-order valence-electron chi connectivity index (χ4n) is 6.42. The predicted octanol–water partition coefficient (Wildman–Crippen LogP) is 4.39. The van der Waals surface area contributed by atoms with Gasteiger partial charge in [-0.05, 0) is 66.9 Å². The zero-order valence-corrected chi connectivity index (χ0v) is 15.5. The van der Waals surface area contributed by atoms with Crippen LogP contribution in [0.3, 0.4) is 0 Å². The van der Waals surface area contributed by atoms with Gasteiger partial charge in [0, 0.05) is 11.3 Å². The van der Waals surface area contributed by atoms with Gasteiger partial charge in [0.1, 0.15) is 0 Å². The molecule has 4 bridgehead atoms. The fraction of sp³-hybridized carbons (Fsp3) is 0.545. The third-order valence-electron chi connectivity index (χ3n) is 7.46. The van der Waals surface area contributed by atoms with Gasteiger partial charge in [-0.25, -0.2) is 0 Å². The molecular weight excluding hydrogens is 322 g/mol. The van der Waals surface area contributed by atoms with E-state index in [4.69, 9.17) is 0 Å². The van der Waals surface area contributed by atoms with Crippen LogP contribution >= 0.6 is 0 Å². The van der Waals surface area contributed by atoms with Crippen molar-refractivity contribution in [1.82, 2.24) is 10.4 Å². The highest BCUT2D eigenvalue weighted by atomic mass is 16.2. The van der Waals surface area contributed by atoms with Crippen LogP contribution in [0, 0.1) is 35.0 Å². The second-order valence-corrected chi connectivity index (χ2v) is 9.26. The zero-order valence-electron chi connectivity index (χ0n) is 15.5. The number of carbonyl (C=O) groups excluding carboxylic acids is 1. The number of amides is 1. The lowest BCUT2D eigenvalue weighted by molar-refractivity contribution is -0.154. The molecule has 4 aliphatic rings. The molecule has 136 valence electrons. The van der Waals surface area contributed by atoms with Crippen LogP contribution in [-0.2, 0) is 4.79 Å². The zero-order chi connectivity index (χ0) is 17.9. The molecule has 6 unspecified atom stereocenters. The van der Waals surface area contributed by atoms with Crippen molar-refractivity contribution in [2.75, 3.05) is 5.43 Å². The molecule has 2 aromatic rings. The standard InChI is InChI=1S/C22H27N3O/c1-13-15-7-16-10-22(2,9-15)11-18(13)20(16)21(26)25-24-17-8-14-5-3-4-6-19(14)23-12-17/h3-6,8,12-13,15-16,18,20,24H,7,9-11H2,1-2H3,(H,25,26). The minimum atomic E-state index is 0.163. The van der Waals surface area contributed by atoms with Gasteiger partial charge >= 0.3 is 0 Å². The summed E-state index contributed by atoms with van der Waals surface area (Å²) in [6.07, 6.45) is 6.83. The Kier molecular flexibility index (Phi) is 3.53. The highest BCUT2D eigenvalue weighted by Crippen LogP contribution is 2.64. The SMILES string of the molecule is CC1C2CC3CC(C)(C2)CC1C3C(=O)NNc1cnc2ccccc2c1. The van der Waals surface area contributed by atoms with Gasteiger partial charge in [0.2, 0.25) is 5.91 Å². The Labute approximate surface area is 154 Å². The molecule has 4 fully saturated rings. The van der Waals surface area contributed by atoms with Crippen molar-refractivity contribution in [2.24, 2.45) is 35.0 Å². The van der Waals surface area contributed by atoms with Crippen molar-refractivity contribution in [2.45, 2.75) is 39.5 Å². The lowest BCUT2D eigenvalue weighted by atomic mass is 9.43. The van der Waals surface area contributed by atoms with Gasteiger partial charge in [0.15, 0.2) is 0 Å². The number of fused-ring (bicyclic) bond motifs is 1. The van der Waals surface area contributed by atoms with E-state index in [-0.39, 0.29) is 11.8 Å². The maximum absolute atomic E-state index is 13.0. The maximum Gasteiger partial charge on any atom is 0.241 e. The second-order valence-electron chi connectivity index (χ2n) is 9.26. The van der Waals surface area contributed by atoms with Crippen LogP contribution in [0.25, 0.3) is 10.9 Å². The number of carbonyl (C=O) groups is 1. The normalized spacial score (nSPS) is 37.7. The van der Waals surface area contributed by atoms with Gasteiger partial charge in [0.25, 0.3) is 0 Å². The van der Waals surface area contributed by atoms with Crippen LogP contribution in [0.2, 0.25) is 0 Å². The monoisotopic (exact) mass is 349 g/mol. The van der Waals surface area contributed by atoms with E-state index in [2.05, 4.69) is 29.7 Å². The average molecular weight is 349 g/mol. The van der Waals surface area contributed by atoms with Crippen molar-refractivity contribution in [3.63, 3.8) is 0 Å². The van der Waals surface area contributed by atoms with E-state index in [1.807, 2.05) is 30.3 Å². The summed E-state index contributed by atoms with van der Waals surface area (Å²) < 4.78 is 0. The van der Waals surface area contributed by atoms with Crippen LogP contribution in [0.15, 0.2) is 36.5 Å². The summed E-state index contributed by atoms with van der Waals surface area (Å²) in [5, 5.41) is 1.07. The summed E-state index contributed by atoms with van der Waals surface area (Å²) in [5.41, 5.74) is 8.39. The molecule has 1 aromatic heterocycles. The Bertz CT molecular complexity index is 865. The van der Waals surface area contributed by atoms with Crippen LogP contribution in [-0.4, -0.2) is 10.9 Å². The smallest absolute Gasteiger partial charge is 0.241 e. The first-order chi connectivity index (χ1) is 12.5. The fourth-order valence-corrected chi connectivity index (χ4v) is 6.42. The lowest BCUT2D eigenvalue weighted by Crippen LogP contribution is -2.58. The number of para-hydroxylation sites is 1. The summed E-state index contributed by atoms with van der Waals surface area (Å²) >= 11 is 0. The molecule has 0 aliphatic heterocycles. The van der Waals surface area contributed by atoms with E-state index < -0.39 is 0 Å². The van der Waals surface area contributed by atoms with Gasteiger partial charge in [-0.2, -0.15) is 0 Å². The molecule has 6 atom stereocenters. The van der Waals surface area contributed by atoms with E-state index in [0.717, 1.165) is 22.5 Å². The van der Waals surface area contributed by atoms with E-state index >= 15 is 0 Å². The predicted molar refractivity (Wildman–Crippen MR) is 103 cm³/mol. The highest BCUT2D eigenvalue weighted by Gasteiger charge is 2.58. The first kappa shape index (κ1) is 16.1. The quantitative estimate of drug-likeness (QED) is 0.808. The summed E-state index contributed by atoms with van der Waals surface area (Å²) in [6, 6.07) is 10.0. The van der Waals surface area contributed by atoms with Crippen LogP contribution < -0.4 is 10.9 Å². The molecular formula is C22H27N3O. The molecule has 4 heteroatoms. The van der Waals surface area contributed by atoms with Crippen LogP contribution in [0.1, 0.15) is 39.5 Å². The van der Waals surface area contributed by atoms with Crippen LogP contribution in [0.5, 0.6) is 0 Å². The summed E-state index contributed by atoms with van der Waals surface area (Å²) in [7, 11) is 0. The minimum Gasteiger partial charge on any atom is -0.297 e. The van der Waals surface area contributed by atoms with Gasteiger partial charge in [-0.15, -0.1) is 0 Å². The average Bonchev–Trinajstić information content (AvgIpc) is 2.63. The number of hydrazine groups is 1. The van der Waals surface area contributed by atoms with Gasteiger partial charge < -0.3 is 0 Å². The molecule has 4 saturated carbocycles. The van der Waals surface area contributed by atoms with Gasteiger partial charge in [0.05, 0.1) is 17.4 Å². The van der Waals surface area contributed by atoms with Gasteiger partial charge in [-0.1, -0.05) is 32.0 Å². The molecule has 1 amide bonds. The number of nitrogens with one attached hydrogen (secondary N) is 2. The number of anilines is 1. The number of hydrogen-bond donors (Lipinski definition) is 2. The minimum absolute atomic E-state index is 0.163. The van der Waals surface area contributed by atoms with E-state index in [1.165, 1.54) is 25.7 Å². The number of benzene rings is 1. The van der Waals surface area contributed by atoms with Gasteiger partial charge in [-0.3, -0.25) is 20.6 Å². The third kappa shape index (κ3) is 2.50. The third-order valence-corrected chi connectivity index (χ3v) is 7.46. The van der Waals surface area contributed by atoms with Crippen molar-refractivity contribution in [3.8, 4) is 0 Å². The topological polar surface area (TPSA) is 54.0 Å². The molecule has 1 aromatic carbocycles. The Morgan fingerprint density at radius 1 is 1.19 bits per heavy atom. The Morgan fingerprint density at radius 3 is 2.88 bits per heavy atom. The Balaban J connectivity index is 1.31. The summed E-state index contributed by atoms with van der Waals surface area (Å²) in [6.45, 7) is 4.82. The van der Waals surface area contributed by atoms with E-state index in [1.54, 1.807) is 6.20 Å². The molecule has 0 saturated heterocycles. The molecule has 0 spiro atoms. The molecule has 1 heterocycles. The molecule has 6 rings (SSSR count). The number of hydrogen-bond acceptors (Lipinski definition) is 3. The number of pyridine rings is 1. The summed E-state index contributed by atoms with van der Waals surface area (Å²) in [4.78, 5) is 17.5. The lowest BCUT2D eigenvalue weighted by Gasteiger charge is -2.61.